The van der Waals surface area contributed by atoms with Gasteiger partial charge in [0.1, 0.15) is 51.2 Å². The molecule has 10 N–H and O–H groups in total. The lowest BCUT2D eigenvalue weighted by molar-refractivity contribution is -0.389. The molecular formula is C88H70BBr2F21N33O5. The first kappa shape index (κ1) is 116. The molecule has 0 aliphatic carbocycles. The van der Waals surface area contributed by atoms with E-state index in [0.717, 1.165) is 96.3 Å². The Hall–Kier alpha value is -17.9. The zero-order valence-electron chi connectivity index (χ0n) is 77.2. The van der Waals surface area contributed by atoms with Crippen LogP contribution in [0.5, 0.6) is 5.88 Å². The molecule has 1 radical (unpaired) electrons. The number of oxime groups is 1. The highest BCUT2D eigenvalue weighted by Gasteiger charge is 2.37. The van der Waals surface area contributed by atoms with Gasteiger partial charge in [0.15, 0.2) is 23.4 Å². The lowest BCUT2D eigenvalue weighted by atomic mass is 10.2. The van der Waals surface area contributed by atoms with E-state index in [-0.39, 0.29) is 23.0 Å². The van der Waals surface area contributed by atoms with Crippen LogP contribution in [0, 0.1) is 32.8 Å². The quantitative estimate of drug-likeness (QED) is 0.00777. The molecule has 0 aliphatic heterocycles. The minimum atomic E-state index is -4.47. The van der Waals surface area contributed by atoms with E-state index in [1.54, 1.807) is 138 Å². The van der Waals surface area contributed by atoms with Crippen LogP contribution >= 0.6 is 31.9 Å². The fourth-order valence-corrected chi connectivity index (χ4v) is 12.2. The average molecular weight is 2240 g/mol. The topological polar surface area (TPSA) is 509 Å². The number of anilines is 6. The zero-order chi connectivity index (χ0) is 111. The minimum absolute atomic E-state index is 0.116. The van der Waals surface area contributed by atoms with Crippen molar-refractivity contribution in [2.45, 2.75) is 43.2 Å². The maximum atomic E-state index is 12.6. The van der Waals surface area contributed by atoms with E-state index in [2.05, 4.69) is 138 Å². The molecule has 17 heterocycles. The van der Waals surface area contributed by atoms with Gasteiger partial charge in [-0.1, -0.05) is 5.16 Å². The summed E-state index contributed by atoms with van der Waals surface area (Å²) in [7, 11) is 12.1. The molecule has 781 valence electrons. The molecule has 0 unspecified atom stereocenters. The molecule has 0 saturated carbocycles. The summed E-state index contributed by atoms with van der Waals surface area (Å²) in [5.74, 6) is 1.53. The van der Waals surface area contributed by atoms with Crippen LogP contribution in [0.2, 0.25) is 0 Å². The van der Waals surface area contributed by atoms with Crippen LogP contribution < -0.4 is 32.5 Å². The number of nitriles is 2. The molecule has 0 bridgehead atoms. The zero-order valence-corrected chi connectivity index (χ0v) is 80.3. The fourth-order valence-electron chi connectivity index (χ4n) is 11.7. The minimum Gasteiger partial charge on any atom is -0.524 e. The molecule has 0 atom stereocenters. The molecule has 0 amide bonds. The number of aromatic nitrogens is 24. The van der Waals surface area contributed by atoms with Gasteiger partial charge in [0.2, 0.25) is 0 Å². The molecule has 0 fully saturated rings. The van der Waals surface area contributed by atoms with Gasteiger partial charge in [-0.25, -0.2) is 19.6 Å². The number of nitrogens with one attached hydrogen (secondary N) is 2. The van der Waals surface area contributed by atoms with Gasteiger partial charge in [-0.15, -0.1) is 0 Å². The van der Waals surface area contributed by atoms with Crippen LogP contribution in [-0.4, -0.2) is 147 Å². The lowest BCUT2D eigenvalue weighted by Gasteiger charge is -2.06. The third-order valence-electron chi connectivity index (χ3n) is 19.0. The number of pyridine rings is 10. The Morgan fingerprint density at radius 3 is 0.967 bits per heavy atom. The monoisotopic (exact) mass is 2240 g/mol. The Morgan fingerprint density at radius 1 is 0.387 bits per heavy atom. The van der Waals surface area contributed by atoms with Crippen LogP contribution in [0.15, 0.2) is 252 Å². The van der Waals surface area contributed by atoms with Crippen molar-refractivity contribution in [3.8, 4) is 86.3 Å². The van der Waals surface area contributed by atoms with Crippen molar-refractivity contribution in [1.82, 2.24) is 118 Å². The summed E-state index contributed by atoms with van der Waals surface area (Å²) in [6.07, 6.45) is -17.6. The van der Waals surface area contributed by atoms with E-state index in [1.165, 1.54) is 83.9 Å². The number of alkyl halides is 21. The molecule has 0 aliphatic rings. The lowest BCUT2D eigenvalue weighted by Crippen LogP contribution is -2.14. The third kappa shape index (κ3) is 33.9. The van der Waals surface area contributed by atoms with Gasteiger partial charge in [-0.2, -0.15) is 138 Å². The summed E-state index contributed by atoms with van der Waals surface area (Å²) >= 11 is 6.14. The molecule has 17 rings (SSSR count). The van der Waals surface area contributed by atoms with Crippen molar-refractivity contribution in [1.29, 1.82) is 10.5 Å². The van der Waals surface area contributed by atoms with Crippen LogP contribution in [0.3, 0.4) is 0 Å². The summed E-state index contributed by atoms with van der Waals surface area (Å²) in [6.45, 7) is 0. The van der Waals surface area contributed by atoms with Crippen LogP contribution in [-0.2, 0) is 92.6 Å². The first-order valence-electron chi connectivity index (χ1n) is 41.0. The summed E-state index contributed by atoms with van der Waals surface area (Å²) in [4.78, 5) is 47.7. The van der Waals surface area contributed by atoms with Crippen molar-refractivity contribution < 1.29 is 112 Å². The fraction of sp³-hybridized carbons (Fsp3) is 0.159. The molecule has 17 aromatic rings. The van der Waals surface area contributed by atoms with Crippen LogP contribution in [0.25, 0.3) is 68.3 Å². The number of amidine groups is 1. The number of hydrogen-bond acceptors (Lipinski definition) is 29. The van der Waals surface area contributed by atoms with E-state index in [0.29, 0.717) is 133 Å². The predicted molar refractivity (Wildman–Crippen MR) is 502 cm³/mol. The molecule has 150 heavy (non-hydrogen) atoms. The number of nitrogens with two attached hydrogens (primary N) is 3. The number of nitrogens with zero attached hydrogens (tertiary/aromatic N) is 28. The summed E-state index contributed by atoms with van der Waals surface area (Å²) < 4.78 is 275. The van der Waals surface area contributed by atoms with Gasteiger partial charge in [0.05, 0.1) is 150 Å². The van der Waals surface area contributed by atoms with Crippen molar-refractivity contribution in [2.24, 2.45) is 60.2 Å². The Labute approximate surface area is 847 Å². The Morgan fingerprint density at radius 2 is 0.707 bits per heavy atom. The van der Waals surface area contributed by atoms with Crippen molar-refractivity contribution >= 4 is 85.8 Å². The highest BCUT2D eigenvalue weighted by Crippen LogP contribution is 2.38. The number of aryl methyl sites for hydroxylation is 7. The van der Waals surface area contributed by atoms with Gasteiger partial charge in [-0.05, 0) is 164 Å². The van der Waals surface area contributed by atoms with Crippen LogP contribution in [0.4, 0.5) is 133 Å². The van der Waals surface area contributed by atoms with Gasteiger partial charge in [0, 0.05) is 133 Å². The van der Waals surface area contributed by atoms with Crippen LogP contribution in [0.1, 0.15) is 56.0 Å². The largest absolute Gasteiger partial charge is 0.570 e. The van der Waals surface area contributed by atoms with Gasteiger partial charge < -0.3 is 52.8 Å². The van der Waals surface area contributed by atoms with Gasteiger partial charge >= 0.3 is 56.7 Å². The second kappa shape index (κ2) is 50.3. The van der Waals surface area contributed by atoms with E-state index < -0.39 is 87.1 Å². The van der Waals surface area contributed by atoms with Gasteiger partial charge in [0.25, 0.3) is 0 Å². The van der Waals surface area contributed by atoms with E-state index in [9.17, 15) is 102 Å². The number of hydrogen-bond donors (Lipinski definition) is 7. The first-order chi connectivity index (χ1) is 70.3. The highest BCUT2D eigenvalue weighted by atomic mass is 79.9. The summed E-state index contributed by atoms with van der Waals surface area (Å²) in [5.41, 5.74) is 18.4. The number of halogens is 23. The van der Waals surface area contributed by atoms with E-state index >= 15 is 0 Å². The SMILES string of the molecule is Cn1nc(N)cc1-c1ccc(C(F)(F)F)cn1.Cn1nc(N)cc1-c1ccc(C(F)(F)F)cn1.Cn1nc(Nc2ccc(/C(N)=N/O)nc2)cc1-c1ccc(C(F)(F)F)cn1.Cn1nc(Nc2ccc(C#N)nc2)cc1-c1ccc(C(F)(F)F)cn1.Cn1nc([N+](=O)[O-])cc1-c1ccc(C(F)(F)F)cn1.Cn1nccc1-c1ccc(C(F)(F)F)cn1.Cn1nccc1O[B]O.FC(F)(F)c1ccc(Br)nc1.N#Cc1ccc(Br)cn1. The molecule has 0 spiro atoms. The molecular weight excluding hydrogens is 2170 g/mol. The first-order valence-corrected chi connectivity index (χ1v) is 42.6. The number of nitrogen functional groups attached to an aromatic ring is 2. The van der Waals surface area contributed by atoms with Crippen molar-refractivity contribution in [2.75, 3.05) is 22.1 Å². The average Bonchev–Trinajstić information content (AvgIpc) is 1.68. The van der Waals surface area contributed by atoms with E-state index in [1.807, 2.05) is 12.1 Å². The molecule has 17 aromatic heterocycles. The Balaban J connectivity index is 0.000000191. The number of nitro groups is 1. The predicted octanol–water partition coefficient (Wildman–Crippen LogP) is 19.2. The summed E-state index contributed by atoms with van der Waals surface area (Å²) in [5, 5.41) is 80.9. The third-order valence-corrected chi connectivity index (χ3v) is 19.9. The van der Waals surface area contributed by atoms with E-state index in [4.69, 9.17) is 38.0 Å². The van der Waals surface area contributed by atoms with Gasteiger partial charge in [-0.3, -0.25) is 58.3 Å². The molecule has 62 heteroatoms. The smallest absolute Gasteiger partial charge is 0.524 e. The normalized spacial score (nSPS) is 11.4. The maximum absolute atomic E-state index is 12.6. The standard InChI is InChI=1S/C16H14F3N7O.C16H11F3N6.C10H7F3N4O2.2C10H9F3N4.C10H8F3N3.C6H3BrF3N.C6H3BrN2.C4H6BN2O2/c1-26-13(11-4-2-9(7-21-11)16(17,18)19)6-14(24-26)23-10-3-5-12(22-8-10)15(20)25-27;1-25-14(13-5-2-10(8-22-13)16(17,18)19)6-15(24-25)23-12-4-3-11(7-20)21-9-12;1-16-8(4-9(15-16)17(18)19)7-3-2-6(5-14-7)10(11,12)13;2*1-17-8(4-9(14)16-17)7-3-2-6(5-15-7)10(11,12)13;1-16-9(4-5-15-16)8-3-2-7(6-14-8)10(11,12)13;7-5-2-1-4(3-11-5)6(8,9)10;7-5-1-2-6(3-8)9-4-5;1-7-4(9-5-8)2-3-6-7/h2-8,27H,1H3,(H2,20,25)(H,23,24);2-6,8-9H,1H3,(H,23,24);2-5H,1H3;2*2-5H,1H3,(H2,14,16);2-6H,1H3;1-3H;1-2,4H;2-3,8H,1H3. The Bertz CT molecular complexity index is 7300. The number of rotatable bonds is 14. The molecule has 38 nitrogen and oxygen atoms in total. The Kier molecular flexibility index (Phi) is 38.8. The van der Waals surface area contributed by atoms with Crippen molar-refractivity contribution in [3.63, 3.8) is 0 Å². The van der Waals surface area contributed by atoms with Crippen molar-refractivity contribution in [3.05, 3.63) is 313 Å². The highest BCUT2D eigenvalue weighted by molar-refractivity contribution is 9.10. The second-order valence-corrected chi connectivity index (χ2v) is 31.2. The molecule has 0 saturated heterocycles. The molecule has 0 aromatic carbocycles. The summed E-state index contributed by atoms with van der Waals surface area (Å²) in [6, 6.07) is 40.3. The maximum Gasteiger partial charge on any atom is 0.570 e. The second-order valence-electron chi connectivity index (χ2n) is 29.5.